The molecule has 1 amide bonds. The van der Waals surface area contributed by atoms with Crippen molar-refractivity contribution in [2.24, 2.45) is 0 Å². The van der Waals surface area contributed by atoms with E-state index in [1.807, 2.05) is 56.3 Å². The van der Waals surface area contributed by atoms with Gasteiger partial charge in [-0.15, -0.1) is 0 Å². The summed E-state index contributed by atoms with van der Waals surface area (Å²) in [5.74, 6) is -0.0581. The molecule has 4 nitrogen and oxygen atoms in total. The minimum absolute atomic E-state index is 0.0581. The summed E-state index contributed by atoms with van der Waals surface area (Å²) in [5, 5.41) is 7.83. The van der Waals surface area contributed by atoms with E-state index in [4.69, 9.17) is 4.52 Å². The van der Waals surface area contributed by atoms with Crippen molar-refractivity contribution in [3.05, 3.63) is 64.8 Å². The van der Waals surface area contributed by atoms with Crippen LogP contribution in [-0.2, 0) is 17.8 Å². The molecule has 3 rings (SSSR count). The lowest BCUT2D eigenvalue weighted by Gasteiger charge is -2.04. The van der Waals surface area contributed by atoms with Crippen molar-refractivity contribution in [1.82, 2.24) is 10.5 Å². The number of amides is 1. The molecule has 0 spiro atoms. The van der Waals surface area contributed by atoms with Gasteiger partial charge in [0.1, 0.15) is 5.69 Å². The van der Waals surface area contributed by atoms with E-state index in [1.165, 1.54) is 5.56 Å². The largest absolute Gasteiger partial charge is 0.356 e. The molecule has 0 fully saturated rings. The first-order valence-corrected chi connectivity index (χ1v) is 7.29. The fraction of sp³-hybridized carbons (Fsp3) is 0.222. The number of benzene rings is 2. The van der Waals surface area contributed by atoms with Gasteiger partial charge in [0.15, 0.2) is 5.58 Å². The van der Waals surface area contributed by atoms with E-state index in [1.54, 1.807) is 0 Å². The van der Waals surface area contributed by atoms with E-state index in [0.717, 1.165) is 16.5 Å². The van der Waals surface area contributed by atoms with Crippen LogP contribution in [-0.4, -0.2) is 11.1 Å². The summed E-state index contributed by atoms with van der Waals surface area (Å²) in [5.41, 5.74) is 4.81. The Labute approximate surface area is 129 Å². The molecule has 0 atom stereocenters. The molecule has 0 aliphatic carbocycles. The molecule has 22 heavy (non-hydrogen) atoms. The third-order valence-corrected chi connectivity index (χ3v) is 3.64. The van der Waals surface area contributed by atoms with Gasteiger partial charge in [0.2, 0.25) is 5.91 Å². The Morgan fingerprint density at radius 1 is 1.09 bits per heavy atom. The minimum atomic E-state index is -0.0581. The Kier molecular flexibility index (Phi) is 3.92. The van der Waals surface area contributed by atoms with Crippen LogP contribution in [0.5, 0.6) is 0 Å². The summed E-state index contributed by atoms with van der Waals surface area (Å²) in [6.45, 7) is 4.57. The van der Waals surface area contributed by atoms with Crippen LogP contribution >= 0.6 is 0 Å². The molecular weight excluding hydrogens is 276 g/mol. The molecule has 0 bridgehead atoms. The van der Waals surface area contributed by atoms with Crippen LogP contribution in [0.4, 0.5) is 0 Å². The van der Waals surface area contributed by atoms with E-state index in [-0.39, 0.29) is 12.3 Å². The summed E-state index contributed by atoms with van der Waals surface area (Å²) < 4.78 is 5.25. The van der Waals surface area contributed by atoms with E-state index < -0.39 is 0 Å². The Morgan fingerprint density at radius 3 is 2.59 bits per heavy atom. The van der Waals surface area contributed by atoms with Crippen molar-refractivity contribution in [1.29, 1.82) is 0 Å². The summed E-state index contributed by atoms with van der Waals surface area (Å²) >= 11 is 0. The zero-order valence-electron chi connectivity index (χ0n) is 12.7. The molecule has 0 aliphatic rings. The molecule has 112 valence electrons. The van der Waals surface area contributed by atoms with E-state index in [0.29, 0.717) is 17.8 Å². The van der Waals surface area contributed by atoms with Gasteiger partial charge in [-0.3, -0.25) is 4.79 Å². The number of nitrogens with zero attached hydrogens (tertiary/aromatic N) is 1. The lowest BCUT2D eigenvalue weighted by molar-refractivity contribution is -0.120. The predicted octanol–water partition coefficient (Wildman–Crippen LogP) is 3.30. The fourth-order valence-electron chi connectivity index (χ4n) is 2.35. The first kappa shape index (κ1) is 14.3. The van der Waals surface area contributed by atoms with Crippen LogP contribution in [0.1, 0.15) is 22.4 Å². The number of carbonyl (C=O) groups is 1. The van der Waals surface area contributed by atoms with Gasteiger partial charge < -0.3 is 9.84 Å². The fourth-order valence-corrected chi connectivity index (χ4v) is 2.35. The highest BCUT2D eigenvalue weighted by molar-refractivity contribution is 5.86. The van der Waals surface area contributed by atoms with Gasteiger partial charge in [0.05, 0.1) is 6.42 Å². The van der Waals surface area contributed by atoms with Gasteiger partial charge in [-0.1, -0.05) is 46.6 Å². The maximum absolute atomic E-state index is 12.1. The van der Waals surface area contributed by atoms with Crippen LogP contribution in [0, 0.1) is 13.8 Å². The van der Waals surface area contributed by atoms with Crippen molar-refractivity contribution >= 4 is 16.9 Å². The molecule has 4 heteroatoms. The van der Waals surface area contributed by atoms with Gasteiger partial charge in [0.25, 0.3) is 0 Å². The van der Waals surface area contributed by atoms with Crippen LogP contribution < -0.4 is 5.32 Å². The van der Waals surface area contributed by atoms with Crippen molar-refractivity contribution < 1.29 is 9.32 Å². The molecule has 0 saturated carbocycles. The zero-order valence-corrected chi connectivity index (χ0v) is 12.7. The number of aryl methyl sites for hydroxylation is 2. The molecule has 0 unspecified atom stereocenters. The number of nitrogens with one attached hydrogen (secondary N) is 1. The lowest BCUT2D eigenvalue weighted by atomic mass is 10.1. The number of carbonyl (C=O) groups excluding carboxylic acids is 1. The summed E-state index contributed by atoms with van der Waals surface area (Å²) in [6.07, 6.45) is 0.225. The van der Waals surface area contributed by atoms with E-state index in [2.05, 4.69) is 10.5 Å². The van der Waals surface area contributed by atoms with Crippen LogP contribution in [0.2, 0.25) is 0 Å². The van der Waals surface area contributed by atoms with Gasteiger partial charge >= 0.3 is 0 Å². The number of hydrogen-bond donors (Lipinski definition) is 1. The molecule has 0 radical (unpaired) electrons. The zero-order chi connectivity index (χ0) is 15.5. The molecule has 0 saturated heterocycles. The van der Waals surface area contributed by atoms with Gasteiger partial charge in [-0.2, -0.15) is 0 Å². The highest BCUT2D eigenvalue weighted by Gasteiger charge is 2.12. The van der Waals surface area contributed by atoms with Gasteiger partial charge in [0, 0.05) is 11.9 Å². The first-order chi connectivity index (χ1) is 10.6. The Hall–Kier alpha value is -2.62. The van der Waals surface area contributed by atoms with Crippen molar-refractivity contribution in [2.75, 3.05) is 0 Å². The number of hydrogen-bond acceptors (Lipinski definition) is 3. The van der Waals surface area contributed by atoms with Crippen LogP contribution in [0.3, 0.4) is 0 Å². The summed E-state index contributed by atoms with van der Waals surface area (Å²) in [6, 6.07) is 14.0. The number of aromatic nitrogens is 1. The molecule has 1 N–H and O–H groups in total. The molecule has 1 aromatic heterocycles. The van der Waals surface area contributed by atoms with Crippen molar-refractivity contribution in [3.8, 4) is 0 Å². The van der Waals surface area contributed by atoms with Crippen molar-refractivity contribution in [3.63, 3.8) is 0 Å². The summed E-state index contributed by atoms with van der Waals surface area (Å²) in [4.78, 5) is 12.1. The standard InChI is InChI=1S/C18H18N2O2/c1-12-3-6-14(7-4-12)11-19-18(21)10-16-15-9-13(2)5-8-17(15)22-20-16/h3-9H,10-11H2,1-2H3,(H,19,21). The first-order valence-electron chi connectivity index (χ1n) is 7.29. The Balaban J connectivity index is 1.65. The monoisotopic (exact) mass is 294 g/mol. The maximum Gasteiger partial charge on any atom is 0.226 e. The van der Waals surface area contributed by atoms with Gasteiger partial charge in [-0.05, 0) is 31.5 Å². The second kappa shape index (κ2) is 6.02. The van der Waals surface area contributed by atoms with E-state index in [9.17, 15) is 4.79 Å². The predicted molar refractivity (Wildman–Crippen MR) is 85.5 cm³/mol. The van der Waals surface area contributed by atoms with Crippen LogP contribution in [0.15, 0.2) is 47.0 Å². The third-order valence-electron chi connectivity index (χ3n) is 3.64. The molecular formula is C18H18N2O2. The maximum atomic E-state index is 12.1. The minimum Gasteiger partial charge on any atom is -0.356 e. The highest BCUT2D eigenvalue weighted by atomic mass is 16.5. The smallest absolute Gasteiger partial charge is 0.226 e. The Bertz CT molecular complexity index is 804. The quantitative estimate of drug-likeness (QED) is 0.803. The second-order valence-corrected chi connectivity index (χ2v) is 5.57. The molecule has 3 aromatic rings. The third kappa shape index (κ3) is 3.17. The van der Waals surface area contributed by atoms with Gasteiger partial charge in [-0.25, -0.2) is 0 Å². The average molecular weight is 294 g/mol. The van der Waals surface area contributed by atoms with Crippen molar-refractivity contribution in [2.45, 2.75) is 26.8 Å². The van der Waals surface area contributed by atoms with E-state index >= 15 is 0 Å². The molecule has 2 aromatic carbocycles. The topological polar surface area (TPSA) is 55.1 Å². The highest BCUT2D eigenvalue weighted by Crippen LogP contribution is 2.20. The normalized spacial score (nSPS) is 10.8. The number of fused-ring (bicyclic) bond motifs is 1. The van der Waals surface area contributed by atoms with Crippen LogP contribution in [0.25, 0.3) is 11.0 Å². The summed E-state index contributed by atoms with van der Waals surface area (Å²) in [7, 11) is 0. The molecule has 1 heterocycles. The second-order valence-electron chi connectivity index (χ2n) is 5.57. The lowest BCUT2D eigenvalue weighted by Crippen LogP contribution is -2.24. The number of rotatable bonds is 4. The average Bonchev–Trinajstić information content (AvgIpc) is 2.89. The Morgan fingerprint density at radius 2 is 1.82 bits per heavy atom. The molecule has 0 aliphatic heterocycles. The SMILES string of the molecule is Cc1ccc(CNC(=O)Cc2noc3ccc(C)cc23)cc1.